The van der Waals surface area contributed by atoms with Crippen LogP contribution in [0.1, 0.15) is 30.4 Å². The van der Waals surface area contributed by atoms with Gasteiger partial charge in [0.25, 0.3) is 0 Å². The second-order valence-corrected chi connectivity index (χ2v) is 8.52. The number of sulfonamides is 1. The quantitative estimate of drug-likeness (QED) is 0.774. The summed E-state index contributed by atoms with van der Waals surface area (Å²) in [5.74, 6) is 0.192. The SMILES string of the molecule is Cc1ccccc1CC1CCCN1S(=O)(=O)CCCn1cccn1. The van der Waals surface area contributed by atoms with Gasteiger partial charge in [0.2, 0.25) is 10.0 Å². The van der Waals surface area contributed by atoms with E-state index in [0.29, 0.717) is 19.5 Å². The number of hydrogen-bond donors (Lipinski definition) is 0. The van der Waals surface area contributed by atoms with Gasteiger partial charge in [-0.1, -0.05) is 24.3 Å². The first kappa shape index (κ1) is 17.2. The summed E-state index contributed by atoms with van der Waals surface area (Å²) in [7, 11) is -3.20. The Morgan fingerprint density at radius 1 is 1.25 bits per heavy atom. The Morgan fingerprint density at radius 2 is 2.08 bits per heavy atom. The van der Waals surface area contributed by atoms with Crippen molar-refractivity contribution in [3.8, 4) is 0 Å². The molecule has 1 aliphatic heterocycles. The van der Waals surface area contributed by atoms with Crippen LogP contribution in [0.3, 0.4) is 0 Å². The lowest BCUT2D eigenvalue weighted by molar-refractivity contribution is 0.383. The standard InChI is InChI=1S/C18H25N3O2S/c1-16-7-2-3-8-17(16)15-18-9-4-13-21(18)24(22,23)14-6-12-20-11-5-10-19-20/h2-3,5,7-8,10-11,18H,4,6,9,12-15H2,1H3. The van der Waals surface area contributed by atoms with Gasteiger partial charge < -0.3 is 0 Å². The minimum Gasteiger partial charge on any atom is -0.273 e. The number of rotatable bonds is 7. The molecule has 0 amide bonds. The van der Waals surface area contributed by atoms with Crippen LogP contribution in [0.5, 0.6) is 0 Å². The van der Waals surface area contributed by atoms with Crippen LogP contribution in [0.2, 0.25) is 0 Å². The zero-order chi connectivity index (χ0) is 17.0. The largest absolute Gasteiger partial charge is 0.273 e. The van der Waals surface area contributed by atoms with E-state index in [1.165, 1.54) is 11.1 Å². The summed E-state index contributed by atoms with van der Waals surface area (Å²) in [6, 6.07) is 10.2. The number of nitrogens with zero attached hydrogens (tertiary/aromatic N) is 3. The van der Waals surface area contributed by atoms with Gasteiger partial charge in [-0.3, -0.25) is 4.68 Å². The van der Waals surface area contributed by atoms with Crippen LogP contribution in [0.25, 0.3) is 0 Å². The van der Waals surface area contributed by atoms with Crippen molar-refractivity contribution in [1.29, 1.82) is 0 Å². The maximum absolute atomic E-state index is 12.7. The number of aromatic nitrogens is 2. The Balaban J connectivity index is 1.62. The van der Waals surface area contributed by atoms with Crippen LogP contribution in [0, 0.1) is 6.92 Å². The summed E-state index contributed by atoms with van der Waals surface area (Å²) in [4.78, 5) is 0. The second-order valence-electron chi connectivity index (χ2n) is 6.48. The molecule has 0 spiro atoms. The van der Waals surface area contributed by atoms with Gasteiger partial charge in [0.15, 0.2) is 0 Å². The third-order valence-electron chi connectivity index (χ3n) is 4.75. The molecule has 1 aromatic heterocycles. The maximum atomic E-state index is 12.7. The first-order valence-corrected chi connectivity index (χ1v) is 10.2. The molecule has 0 bridgehead atoms. The molecule has 0 radical (unpaired) electrons. The zero-order valence-corrected chi connectivity index (χ0v) is 15.0. The van der Waals surface area contributed by atoms with Crippen LogP contribution in [-0.4, -0.2) is 40.8 Å². The lowest BCUT2D eigenvalue weighted by atomic mass is 10.0. The lowest BCUT2D eigenvalue weighted by Gasteiger charge is -2.24. The smallest absolute Gasteiger partial charge is 0.214 e. The van der Waals surface area contributed by atoms with Crippen LogP contribution in [0.15, 0.2) is 42.7 Å². The van der Waals surface area contributed by atoms with Gasteiger partial charge >= 0.3 is 0 Å². The predicted octanol–water partition coefficient (Wildman–Crippen LogP) is 2.62. The summed E-state index contributed by atoms with van der Waals surface area (Å²) in [6.07, 6.45) is 6.89. The molecule has 1 fully saturated rings. The van der Waals surface area contributed by atoms with Gasteiger partial charge in [0.05, 0.1) is 5.75 Å². The third-order valence-corrected chi connectivity index (χ3v) is 6.75. The van der Waals surface area contributed by atoms with Crippen molar-refractivity contribution in [2.45, 2.75) is 45.2 Å². The van der Waals surface area contributed by atoms with E-state index in [2.05, 4.69) is 24.2 Å². The molecule has 1 atom stereocenters. The van der Waals surface area contributed by atoms with E-state index in [4.69, 9.17) is 0 Å². The summed E-state index contributed by atoms with van der Waals surface area (Å²) in [5.41, 5.74) is 2.49. The summed E-state index contributed by atoms with van der Waals surface area (Å²) < 4.78 is 29.0. The van der Waals surface area contributed by atoms with Crippen molar-refractivity contribution < 1.29 is 8.42 Å². The molecule has 130 valence electrons. The van der Waals surface area contributed by atoms with Gasteiger partial charge in [-0.2, -0.15) is 9.40 Å². The minimum absolute atomic E-state index is 0.0980. The zero-order valence-electron chi connectivity index (χ0n) is 14.1. The fraction of sp³-hybridized carbons (Fsp3) is 0.500. The molecule has 5 nitrogen and oxygen atoms in total. The molecule has 24 heavy (non-hydrogen) atoms. The Morgan fingerprint density at radius 3 is 2.83 bits per heavy atom. The van der Waals surface area contributed by atoms with Gasteiger partial charge in [0, 0.05) is 31.5 Å². The molecular formula is C18H25N3O2S. The molecule has 1 aliphatic rings. The molecule has 0 aliphatic carbocycles. The topological polar surface area (TPSA) is 55.2 Å². The van der Waals surface area contributed by atoms with E-state index in [-0.39, 0.29) is 11.8 Å². The minimum atomic E-state index is -3.20. The van der Waals surface area contributed by atoms with Crippen LogP contribution < -0.4 is 0 Å². The van der Waals surface area contributed by atoms with Crippen molar-refractivity contribution >= 4 is 10.0 Å². The molecular weight excluding hydrogens is 322 g/mol. The molecule has 0 N–H and O–H groups in total. The van der Waals surface area contributed by atoms with E-state index in [1.54, 1.807) is 15.2 Å². The average molecular weight is 347 g/mol. The maximum Gasteiger partial charge on any atom is 0.214 e. The van der Waals surface area contributed by atoms with E-state index < -0.39 is 10.0 Å². The van der Waals surface area contributed by atoms with Crippen molar-refractivity contribution in [1.82, 2.24) is 14.1 Å². The number of benzene rings is 1. The first-order valence-electron chi connectivity index (χ1n) is 8.58. The second kappa shape index (κ2) is 7.49. The normalized spacial score (nSPS) is 19.0. The molecule has 1 aromatic carbocycles. The Bertz CT molecular complexity index is 756. The summed E-state index contributed by atoms with van der Waals surface area (Å²) in [5, 5.41) is 4.12. The van der Waals surface area contributed by atoms with Gasteiger partial charge in [-0.05, 0) is 49.8 Å². The Hall–Kier alpha value is -1.66. The average Bonchev–Trinajstić information content (AvgIpc) is 3.21. The third kappa shape index (κ3) is 4.05. The van der Waals surface area contributed by atoms with Crippen LogP contribution >= 0.6 is 0 Å². The molecule has 2 heterocycles. The highest BCUT2D eigenvalue weighted by Crippen LogP contribution is 2.26. The predicted molar refractivity (Wildman–Crippen MR) is 95.2 cm³/mol. The highest BCUT2D eigenvalue weighted by atomic mass is 32.2. The number of hydrogen-bond acceptors (Lipinski definition) is 3. The van der Waals surface area contributed by atoms with Crippen molar-refractivity contribution in [3.05, 3.63) is 53.9 Å². The van der Waals surface area contributed by atoms with E-state index in [1.807, 2.05) is 24.4 Å². The van der Waals surface area contributed by atoms with Crippen molar-refractivity contribution in [3.63, 3.8) is 0 Å². The molecule has 3 rings (SSSR count). The van der Waals surface area contributed by atoms with Crippen molar-refractivity contribution in [2.75, 3.05) is 12.3 Å². The van der Waals surface area contributed by atoms with E-state index >= 15 is 0 Å². The molecule has 0 saturated carbocycles. The molecule has 1 unspecified atom stereocenters. The number of aryl methyl sites for hydroxylation is 2. The Kier molecular flexibility index (Phi) is 5.36. The molecule has 1 saturated heterocycles. The summed E-state index contributed by atoms with van der Waals surface area (Å²) in [6.45, 7) is 3.39. The first-order chi connectivity index (χ1) is 11.6. The van der Waals surface area contributed by atoms with E-state index in [0.717, 1.165) is 19.3 Å². The Labute approximate surface area is 144 Å². The highest BCUT2D eigenvalue weighted by Gasteiger charge is 2.33. The van der Waals surface area contributed by atoms with E-state index in [9.17, 15) is 8.42 Å². The molecule has 2 aromatic rings. The fourth-order valence-electron chi connectivity index (χ4n) is 3.43. The summed E-state index contributed by atoms with van der Waals surface area (Å²) >= 11 is 0. The van der Waals surface area contributed by atoms with Gasteiger partial charge in [0.1, 0.15) is 0 Å². The fourth-order valence-corrected chi connectivity index (χ4v) is 5.20. The van der Waals surface area contributed by atoms with Crippen LogP contribution in [0.4, 0.5) is 0 Å². The van der Waals surface area contributed by atoms with Gasteiger partial charge in [-0.25, -0.2) is 8.42 Å². The lowest BCUT2D eigenvalue weighted by Crippen LogP contribution is -2.38. The van der Waals surface area contributed by atoms with Crippen molar-refractivity contribution in [2.24, 2.45) is 0 Å². The van der Waals surface area contributed by atoms with Crippen LogP contribution in [-0.2, 0) is 23.0 Å². The van der Waals surface area contributed by atoms with Gasteiger partial charge in [-0.15, -0.1) is 0 Å². The molecule has 6 heteroatoms. The highest BCUT2D eigenvalue weighted by molar-refractivity contribution is 7.89. The monoisotopic (exact) mass is 347 g/mol.